The van der Waals surface area contributed by atoms with E-state index in [1.165, 1.54) is 0 Å². The second-order valence-corrected chi connectivity index (χ2v) is 5.01. The Bertz CT molecular complexity index is 435. The predicted octanol–water partition coefficient (Wildman–Crippen LogP) is 1.37. The Kier molecular flexibility index (Phi) is 5.34. The van der Waals surface area contributed by atoms with Crippen molar-refractivity contribution in [3.8, 4) is 6.07 Å². The molecule has 0 amide bonds. The van der Waals surface area contributed by atoms with Gasteiger partial charge in [-0.2, -0.15) is 5.26 Å². The number of nitrogens with one attached hydrogen (secondary N) is 1. The predicted molar refractivity (Wildman–Crippen MR) is 74.7 cm³/mol. The lowest BCUT2D eigenvalue weighted by Gasteiger charge is -2.29. The van der Waals surface area contributed by atoms with Crippen LogP contribution in [0.25, 0.3) is 0 Å². The number of benzene rings is 1. The summed E-state index contributed by atoms with van der Waals surface area (Å²) < 4.78 is 5.34. The van der Waals surface area contributed by atoms with E-state index in [0.717, 1.165) is 50.5 Å². The molecule has 4 heteroatoms. The quantitative estimate of drug-likeness (QED) is 0.867. The van der Waals surface area contributed by atoms with E-state index in [4.69, 9.17) is 10.00 Å². The van der Waals surface area contributed by atoms with Crippen LogP contribution in [-0.4, -0.2) is 43.8 Å². The summed E-state index contributed by atoms with van der Waals surface area (Å²) in [7, 11) is 0. The molecule has 1 aromatic rings. The lowest BCUT2D eigenvalue weighted by molar-refractivity contribution is 0.0343. The van der Waals surface area contributed by atoms with Gasteiger partial charge in [0.05, 0.1) is 24.8 Å². The third kappa shape index (κ3) is 4.64. The van der Waals surface area contributed by atoms with Gasteiger partial charge in [-0.05, 0) is 24.6 Å². The normalized spacial score (nSPS) is 17.9. The van der Waals surface area contributed by atoms with E-state index in [2.05, 4.69) is 29.3 Å². The Morgan fingerprint density at radius 2 is 2.21 bits per heavy atom. The Labute approximate surface area is 115 Å². The van der Waals surface area contributed by atoms with E-state index in [9.17, 15) is 0 Å². The maximum Gasteiger partial charge on any atom is 0.0991 e. The molecule has 1 saturated heterocycles. The number of nitrogens with zero attached hydrogens (tertiary/aromatic N) is 2. The van der Waals surface area contributed by atoms with Gasteiger partial charge in [0.1, 0.15) is 0 Å². The van der Waals surface area contributed by atoms with Crippen molar-refractivity contribution in [1.29, 1.82) is 5.26 Å². The molecule has 0 radical (unpaired) electrons. The first kappa shape index (κ1) is 14.0. The summed E-state index contributed by atoms with van der Waals surface area (Å²) in [5, 5.41) is 12.4. The molecule has 1 atom stereocenters. The summed E-state index contributed by atoms with van der Waals surface area (Å²) in [4.78, 5) is 2.42. The number of rotatable bonds is 5. The van der Waals surface area contributed by atoms with Crippen LogP contribution in [0.4, 0.5) is 0 Å². The van der Waals surface area contributed by atoms with Gasteiger partial charge in [0.2, 0.25) is 0 Å². The lowest BCUT2D eigenvalue weighted by Crippen LogP contribution is -2.44. The summed E-state index contributed by atoms with van der Waals surface area (Å²) in [6.45, 7) is 7.78. The third-order valence-corrected chi connectivity index (χ3v) is 3.35. The second-order valence-electron chi connectivity index (χ2n) is 5.01. The fraction of sp³-hybridized carbons (Fsp3) is 0.533. The number of nitriles is 1. The second kappa shape index (κ2) is 7.25. The molecule has 102 valence electrons. The minimum atomic E-state index is 0.434. The Balaban J connectivity index is 1.76. The molecule has 2 rings (SSSR count). The zero-order valence-electron chi connectivity index (χ0n) is 11.4. The van der Waals surface area contributed by atoms with Crippen molar-refractivity contribution in [2.24, 2.45) is 0 Å². The monoisotopic (exact) mass is 259 g/mol. The number of morpholine rings is 1. The van der Waals surface area contributed by atoms with Crippen LogP contribution in [0, 0.1) is 11.3 Å². The largest absolute Gasteiger partial charge is 0.379 e. The van der Waals surface area contributed by atoms with Crippen molar-refractivity contribution >= 4 is 0 Å². The third-order valence-electron chi connectivity index (χ3n) is 3.35. The molecular weight excluding hydrogens is 238 g/mol. The van der Waals surface area contributed by atoms with Crippen molar-refractivity contribution < 1.29 is 4.74 Å². The highest BCUT2D eigenvalue weighted by molar-refractivity contribution is 5.32. The summed E-state index contributed by atoms with van der Waals surface area (Å²) >= 11 is 0. The van der Waals surface area contributed by atoms with E-state index in [1.54, 1.807) is 0 Å². The zero-order chi connectivity index (χ0) is 13.5. The molecule has 4 nitrogen and oxygen atoms in total. The van der Waals surface area contributed by atoms with Gasteiger partial charge >= 0.3 is 0 Å². The highest BCUT2D eigenvalue weighted by Crippen LogP contribution is 2.05. The maximum absolute atomic E-state index is 8.87. The van der Waals surface area contributed by atoms with Crippen molar-refractivity contribution in [1.82, 2.24) is 10.2 Å². The van der Waals surface area contributed by atoms with Crippen LogP contribution in [0.3, 0.4) is 0 Å². The smallest absolute Gasteiger partial charge is 0.0991 e. The molecule has 0 spiro atoms. The maximum atomic E-state index is 8.87. The molecular formula is C15H21N3O. The number of hydrogen-bond donors (Lipinski definition) is 1. The van der Waals surface area contributed by atoms with E-state index in [1.807, 2.05) is 18.2 Å². The minimum Gasteiger partial charge on any atom is -0.379 e. The van der Waals surface area contributed by atoms with Crippen molar-refractivity contribution in [2.75, 3.05) is 32.8 Å². The van der Waals surface area contributed by atoms with E-state index in [-0.39, 0.29) is 0 Å². The highest BCUT2D eigenvalue weighted by Gasteiger charge is 2.13. The van der Waals surface area contributed by atoms with Gasteiger partial charge in [0, 0.05) is 32.2 Å². The number of ether oxygens (including phenoxy) is 1. The van der Waals surface area contributed by atoms with Gasteiger partial charge in [-0.3, -0.25) is 4.90 Å². The standard InChI is InChI=1S/C15H21N3O/c1-13(12-18-5-7-19-8-6-18)17-11-15-4-2-3-14(9-15)10-16/h2-4,9,13,17H,5-8,11-12H2,1H3. The van der Waals surface area contributed by atoms with Crippen LogP contribution < -0.4 is 5.32 Å². The molecule has 1 fully saturated rings. The highest BCUT2D eigenvalue weighted by atomic mass is 16.5. The van der Waals surface area contributed by atoms with Gasteiger partial charge in [-0.15, -0.1) is 0 Å². The Morgan fingerprint density at radius 1 is 1.42 bits per heavy atom. The lowest BCUT2D eigenvalue weighted by atomic mass is 10.1. The molecule has 1 aromatic carbocycles. The average Bonchev–Trinajstić information content (AvgIpc) is 2.46. The molecule has 1 aliphatic heterocycles. The number of hydrogen-bond acceptors (Lipinski definition) is 4. The Hall–Kier alpha value is -1.41. The van der Waals surface area contributed by atoms with Gasteiger partial charge in [-0.1, -0.05) is 12.1 Å². The van der Waals surface area contributed by atoms with Crippen molar-refractivity contribution in [2.45, 2.75) is 19.5 Å². The van der Waals surface area contributed by atoms with Gasteiger partial charge in [-0.25, -0.2) is 0 Å². The molecule has 1 heterocycles. The fourth-order valence-corrected chi connectivity index (χ4v) is 2.28. The first-order valence-electron chi connectivity index (χ1n) is 6.80. The van der Waals surface area contributed by atoms with Crippen LogP contribution in [0.1, 0.15) is 18.1 Å². The van der Waals surface area contributed by atoms with Gasteiger partial charge < -0.3 is 10.1 Å². The van der Waals surface area contributed by atoms with Crippen LogP contribution in [-0.2, 0) is 11.3 Å². The summed E-state index contributed by atoms with van der Waals surface area (Å²) in [6.07, 6.45) is 0. The SMILES string of the molecule is CC(CN1CCOCC1)NCc1cccc(C#N)c1. The fourth-order valence-electron chi connectivity index (χ4n) is 2.28. The first-order valence-corrected chi connectivity index (χ1v) is 6.80. The molecule has 1 unspecified atom stereocenters. The van der Waals surface area contributed by atoms with Crippen LogP contribution >= 0.6 is 0 Å². The molecule has 19 heavy (non-hydrogen) atoms. The minimum absolute atomic E-state index is 0.434. The van der Waals surface area contributed by atoms with Crippen molar-refractivity contribution in [3.63, 3.8) is 0 Å². The molecule has 0 saturated carbocycles. The summed E-state index contributed by atoms with van der Waals surface area (Å²) in [6, 6.07) is 10.4. The van der Waals surface area contributed by atoms with Crippen LogP contribution in [0.2, 0.25) is 0 Å². The zero-order valence-corrected chi connectivity index (χ0v) is 11.4. The topological polar surface area (TPSA) is 48.3 Å². The van der Waals surface area contributed by atoms with Crippen LogP contribution in [0.5, 0.6) is 0 Å². The molecule has 0 aromatic heterocycles. The van der Waals surface area contributed by atoms with E-state index < -0.39 is 0 Å². The van der Waals surface area contributed by atoms with E-state index >= 15 is 0 Å². The van der Waals surface area contributed by atoms with E-state index in [0.29, 0.717) is 6.04 Å². The Morgan fingerprint density at radius 3 is 2.95 bits per heavy atom. The molecule has 1 aliphatic rings. The van der Waals surface area contributed by atoms with Gasteiger partial charge in [0.15, 0.2) is 0 Å². The van der Waals surface area contributed by atoms with Crippen LogP contribution in [0.15, 0.2) is 24.3 Å². The van der Waals surface area contributed by atoms with Gasteiger partial charge in [0.25, 0.3) is 0 Å². The molecule has 1 N–H and O–H groups in total. The van der Waals surface area contributed by atoms with Crippen molar-refractivity contribution in [3.05, 3.63) is 35.4 Å². The molecule has 0 aliphatic carbocycles. The average molecular weight is 259 g/mol. The first-order chi connectivity index (χ1) is 9.28. The summed E-state index contributed by atoms with van der Waals surface area (Å²) in [5.74, 6) is 0. The summed E-state index contributed by atoms with van der Waals surface area (Å²) in [5.41, 5.74) is 1.88. The molecule has 0 bridgehead atoms.